The van der Waals surface area contributed by atoms with Gasteiger partial charge >= 0.3 is 0 Å². The zero-order valence-corrected chi connectivity index (χ0v) is 11.1. The molecule has 3 rings (SSSR count). The Hall–Kier alpha value is -2.13. The molecule has 1 heterocycles. The maximum atomic E-state index is 9.67. The minimum absolute atomic E-state index is 0.0406. The Morgan fingerprint density at radius 2 is 1.70 bits per heavy atom. The topological polar surface area (TPSA) is 41.8 Å². The van der Waals surface area contributed by atoms with Crippen molar-refractivity contribution in [2.75, 3.05) is 6.61 Å². The Balaban J connectivity index is 1.75. The van der Waals surface area contributed by atoms with Crippen molar-refractivity contribution in [2.24, 2.45) is 5.16 Å². The van der Waals surface area contributed by atoms with Gasteiger partial charge in [0.05, 0.1) is 12.3 Å². The van der Waals surface area contributed by atoms with Gasteiger partial charge in [0, 0.05) is 12.3 Å². The van der Waals surface area contributed by atoms with Crippen molar-refractivity contribution in [3.63, 3.8) is 0 Å². The van der Waals surface area contributed by atoms with Crippen LogP contribution in [0.15, 0.2) is 65.8 Å². The van der Waals surface area contributed by atoms with E-state index in [4.69, 9.17) is 4.84 Å². The molecule has 3 nitrogen and oxygen atoms in total. The minimum Gasteiger partial charge on any atom is -0.396 e. The second-order valence-corrected chi connectivity index (χ2v) is 4.95. The zero-order valence-electron chi connectivity index (χ0n) is 11.1. The van der Waals surface area contributed by atoms with E-state index in [1.165, 1.54) is 0 Å². The van der Waals surface area contributed by atoms with Gasteiger partial charge in [-0.25, -0.2) is 0 Å². The SMILES string of the molecule is OC[C@H](c1ccccc1)[C@@H]1CC(c2ccccc2)=NO1. The van der Waals surface area contributed by atoms with Crippen molar-refractivity contribution >= 4 is 5.71 Å². The number of aliphatic hydroxyl groups is 1. The fourth-order valence-electron chi connectivity index (χ4n) is 2.55. The molecule has 0 aliphatic carbocycles. The van der Waals surface area contributed by atoms with Crippen molar-refractivity contribution in [1.82, 2.24) is 0 Å². The lowest BCUT2D eigenvalue weighted by Gasteiger charge is -2.19. The molecule has 0 aromatic heterocycles. The highest BCUT2D eigenvalue weighted by Gasteiger charge is 2.30. The Morgan fingerprint density at radius 1 is 1.05 bits per heavy atom. The van der Waals surface area contributed by atoms with E-state index in [-0.39, 0.29) is 18.6 Å². The number of aliphatic hydroxyl groups excluding tert-OH is 1. The zero-order chi connectivity index (χ0) is 13.8. The molecule has 2 aromatic carbocycles. The van der Waals surface area contributed by atoms with Crippen molar-refractivity contribution < 1.29 is 9.94 Å². The normalized spacial score (nSPS) is 19.2. The number of nitrogens with zero attached hydrogens (tertiary/aromatic N) is 1. The Bertz CT molecular complexity index is 580. The molecule has 2 atom stereocenters. The summed E-state index contributed by atoms with van der Waals surface area (Å²) in [5.41, 5.74) is 3.12. The van der Waals surface area contributed by atoms with Crippen LogP contribution >= 0.6 is 0 Å². The Morgan fingerprint density at radius 3 is 2.35 bits per heavy atom. The molecular formula is C17H17NO2. The van der Waals surface area contributed by atoms with Crippen LogP contribution in [0.1, 0.15) is 23.5 Å². The van der Waals surface area contributed by atoms with Crippen molar-refractivity contribution in [1.29, 1.82) is 0 Å². The summed E-state index contributed by atoms with van der Waals surface area (Å²) in [6.45, 7) is 0.0618. The second kappa shape index (κ2) is 5.88. The van der Waals surface area contributed by atoms with E-state index in [1.54, 1.807) is 0 Å². The first kappa shape index (κ1) is 12.9. The summed E-state index contributed by atoms with van der Waals surface area (Å²) in [5, 5.41) is 13.9. The molecule has 0 amide bonds. The largest absolute Gasteiger partial charge is 0.396 e. The molecule has 0 fully saturated rings. The smallest absolute Gasteiger partial charge is 0.142 e. The molecule has 0 bridgehead atoms. The molecule has 0 spiro atoms. The lowest BCUT2D eigenvalue weighted by molar-refractivity contribution is 0.0462. The Kier molecular flexibility index (Phi) is 3.79. The molecule has 0 saturated carbocycles. The van der Waals surface area contributed by atoms with Gasteiger partial charge in [0.25, 0.3) is 0 Å². The number of hydrogen-bond acceptors (Lipinski definition) is 3. The second-order valence-electron chi connectivity index (χ2n) is 4.95. The molecule has 102 valence electrons. The third-order valence-electron chi connectivity index (χ3n) is 3.67. The molecule has 2 aromatic rings. The molecular weight excluding hydrogens is 250 g/mol. The first-order valence-corrected chi connectivity index (χ1v) is 6.82. The fraction of sp³-hybridized carbons (Fsp3) is 0.235. The maximum absolute atomic E-state index is 9.67. The summed E-state index contributed by atoms with van der Waals surface area (Å²) in [6.07, 6.45) is 0.627. The fourth-order valence-corrected chi connectivity index (χ4v) is 2.55. The lowest BCUT2D eigenvalue weighted by atomic mass is 9.90. The highest BCUT2D eigenvalue weighted by Crippen LogP contribution is 2.29. The number of rotatable bonds is 4. The van der Waals surface area contributed by atoms with Gasteiger partial charge in [-0.15, -0.1) is 0 Å². The van der Waals surface area contributed by atoms with Gasteiger partial charge in [0.2, 0.25) is 0 Å². The summed E-state index contributed by atoms with van der Waals surface area (Å²) in [6, 6.07) is 20.0. The highest BCUT2D eigenvalue weighted by atomic mass is 16.6. The van der Waals surface area contributed by atoms with E-state index in [0.717, 1.165) is 23.3 Å². The van der Waals surface area contributed by atoms with Crippen molar-refractivity contribution in [2.45, 2.75) is 18.4 Å². The lowest BCUT2D eigenvalue weighted by Crippen LogP contribution is -2.22. The molecule has 0 saturated heterocycles. The predicted octanol–water partition coefficient (Wildman–Crippen LogP) is 2.96. The highest BCUT2D eigenvalue weighted by molar-refractivity contribution is 6.01. The summed E-state index contributed by atoms with van der Waals surface area (Å²) < 4.78 is 0. The van der Waals surface area contributed by atoms with E-state index in [1.807, 2.05) is 60.7 Å². The van der Waals surface area contributed by atoms with Gasteiger partial charge < -0.3 is 9.94 Å². The molecule has 0 radical (unpaired) electrons. The third-order valence-corrected chi connectivity index (χ3v) is 3.67. The monoisotopic (exact) mass is 267 g/mol. The van der Waals surface area contributed by atoms with E-state index < -0.39 is 0 Å². The number of benzene rings is 2. The Labute approximate surface area is 118 Å². The van der Waals surface area contributed by atoms with Crippen molar-refractivity contribution in [3.05, 3.63) is 71.8 Å². The number of oxime groups is 1. The van der Waals surface area contributed by atoms with Crippen LogP contribution in [0.2, 0.25) is 0 Å². The van der Waals surface area contributed by atoms with Crippen LogP contribution in [0.4, 0.5) is 0 Å². The maximum Gasteiger partial charge on any atom is 0.142 e. The van der Waals surface area contributed by atoms with Crippen LogP contribution in [0.25, 0.3) is 0 Å². The molecule has 3 heteroatoms. The first-order valence-electron chi connectivity index (χ1n) is 6.82. The van der Waals surface area contributed by atoms with Gasteiger partial charge in [-0.2, -0.15) is 0 Å². The minimum atomic E-state index is -0.0994. The van der Waals surface area contributed by atoms with Gasteiger partial charge in [0.1, 0.15) is 6.10 Å². The average Bonchev–Trinajstić information content (AvgIpc) is 3.00. The quantitative estimate of drug-likeness (QED) is 0.925. The summed E-state index contributed by atoms with van der Waals surface area (Å²) >= 11 is 0. The molecule has 1 aliphatic rings. The van der Waals surface area contributed by atoms with Crippen LogP contribution in [-0.4, -0.2) is 23.5 Å². The van der Waals surface area contributed by atoms with E-state index >= 15 is 0 Å². The predicted molar refractivity (Wildman–Crippen MR) is 78.7 cm³/mol. The standard InChI is InChI=1S/C17H17NO2/c19-12-15(13-7-3-1-4-8-13)17-11-16(18-20-17)14-9-5-2-6-10-14/h1-10,15,17,19H,11-12H2/t15-,17+/m1/s1. The van der Waals surface area contributed by atoms with Gasteiger partial charge in [-0.05, 0) is 11.1 Å². The van der Waals surface area contributed by atoms with Crippen LogP contribution in [0.5, 0.6) is 0 Å². The van der Waals surface area contributed by atoms with Crippen LogP contribution in [-0.2, 0) is 4.84 Å². The third kappa shape index (κ3) is 2.58. The summed E-state index contributed by atoms with van der Waals surface area (Å²) in [7, 11) is 0. The van der Waals surface area contributed by atoms with Crippen LogP contribution in [0, 0.1) is 0 Å². The van der Waals surface area contributed by atoms with Gasteiger partial charge in [0.15, 0.2) is 0 Å². The summed E-state index contributed by atoms with van der Waals surface area (Å²) in [4.78, 5) is 5.56. The average molecular weight is 267 g/mol. The molecule has 20 heavy (non-hydrogen) atoms. The molecule has 1 N–H and O–H groups in total. The van der Waals surface area contributed by atoms with E-state index in [0.29, 0.717) is 0 Å². The first-order chi connectivity index (χ1) is 9.88. The molecule has 0 unspecified atom stereocenters. The number of hydrogen-bond donors (Lipinski definition) is 1. The molecule has 1 aliphatic heterocycles. The van der Waals surface area contributed by atoms with E-state index in [9.17, 15) is 5.11 Å². The van der Waals surface area contributed by atoms with Crippen LogP contribution in [0.3, 0.4) is 0 Å². The van der Waals surface area contributed by atoms with Crippen LogP contribution < -0.4 is 0 Å². The van der Waals surface area contributed by atoms with Gasteiger partial charge in [-0.3, -0.25) is 0 Å². The van der Waals surface area contributed by atoms with Gasteiger partial charge in [-0.1, -0.05) is 65.8 Å². The van der Waals surface area contributed by atoms with E-state index in [2.05, 4.69) is 5.16 Å². The van der Waals surface area contributed by atoms with Crippen molar-refractivity contribution in [3.8, 4) is 0 Å². The summed E-state index contributed by atoms with van der Waals surface area (Å²) in [5.74, 6) is -0.0406.